The van der Waals surface area contributed by atoms with Gasteiger partial charge in [0.05, 0.1) is 5.56 Å². The third-order valence-corrected chi connectivity index (χ3v) is 5.10. The largest absolute Gasteiger partial charge is 0.416 e. The minimum absolute atomic E-state index is 0.361. The second-order valence-electron chi connectivity index (χ2n) is 6.35. The summed E-state index contributed by atoms with van der Waals surface area (Å²) in [6.07, 6.45) is 0.915. The Bertz CT molecular complexity index is 559. The summed E-state index contributed by atoms with van der Waals surface area (Å²) in [5, 5.41) is 6.39. The molecule has 2 nitrogen and oxygen atoms in total. The number of fused-ring (bicyclic) bond motifs is 2. The van der Waals surface area contributed by atoms with E-state index in [1.165, 1.54) is 31.7 Å². The van der Waals surface area contributed by atoms with Crippen molar-refractivity contribution in [2.45, 2.75) is 31.9 Å². The van der Waals surface area contributed by atoms with E-state index in [0.29, 0.717) is 16.7 Å². The zero-order valence-electron chi connectivity index (χ0n) is 12.1. The van der Waals surface area contributed by atoms with E-state index < -0.39 is 11.7 Å². The lowest BCUT2D eigenvalue weighted by atomic mass is 9.89. The van der Waals surface area contributed by atoms with E-state index in [2.05, 4.69) is 10.6 Å². The molecule has 2 N–H and O–H groups in total. The minimum atomic E-state index is -4.34. The highest BCUT2D eigenvalue weighted by Gasteiger charge is 2.39. The third kappa shape index (κ3) is 3.54. The minimum Gasteiger partial charge on any atom is -0.362 e. The van der Waals surface area contributed by atoms with Crippen LogP contribution in [0, 0.1) is 17.8 Å². The van der Waals surface area contributed by atoms with E-state index in [4.69, 9.17) is 12.2 Å². The summed E-state index contributed by atoms with van der Waals surface area (Å²) in [5.41, 5.74) is -0.311. The van der Waals surface area contributed by atoms with Gasteiger partial charge in [-0.05, 0) is 67.4 Å². The fraction of sp³-hybridized carbons (Fsp3) is 0.562. The summed E-state index contributed by atoms with van der Waals surface area (Å²) >= 11 is 5.19. The molecule has 3 atom stereocenters. The molecule has 2 bridgehead atoms. The molecule has 0 radical (unpaired) electrons. The van der Waals surface area contributed by atoms with Gasteiger partial charge in [-0.1, -0.05) is 12.5 Å². The van der Waals surface area contributed by atoms with Crippen molar-refractivity contribution >= 4 is 23.0 Å². The van der Waals surface area contributed by atoms with Crippen molar-refractivity contribution in [3.63, 3.8) is 0 Å². The van der Waals surface area contributed by atoms with Gasteiger partial charge in [0.2, 0.25) is 0 Å². The maximum absolute atomic E-state index is 12.7. The van der Waals surface area contributed by atoms with Crippen molar-refractivity contribution in [3.05, 3.63) is 29.8 Å². The van der Waals surface area contributed by atoms with E-state index >= 15 is 0 Å². The molecule has 0 aliphatic heterocycles. The predicted octanol–water partition coefficient (Wildman–Crippen LogP) is 4.43. The Balaban J connectivity index is 1.51. The lowest BCUT2D eigenvalue weighted by Crippen LogP contribution is -2.34. The zero-order chi connectivity index (χ0) is 15.7. The molecule has 6 heteroatoms. The van der Waals surface area contributed by atoms with Gasteiger partial charge in [-0.3, -0.25) is 0 Å². The second kappa shape index (κ2) is 6.07. The van der Waals surface area contributed by atoms with Crippen molar-refractivity contribution in [2.75, 3.05) is 11.9 Å². The molecule has 0 amide bonds. The Morgan fingerprint density at radius 1 is 1.23 bits per heavy atom. The number of halogens is 3. The highest BCUT2D eigenvalue weighted by atomic mass is 32.1. The number of anilines is 1. The molecule has 0 saturated heterocycles. The van der Waals surface area contributed by atoms with Crippen molar-refractivity contribution in [1.82, 2.24) is 5.32 Å². The van der Waals surface area contributed by atoms with Crippen LogP contribution in [0.3, 0.4) is 0 Å². The number of nitrogens with one attached hydrogen (secondary N) is 2. The molecular formula is C16H19F3N2S. The van der Waals surface area contributed by atoms with Crippen LogP contribution in [0.5, 0.6) is 0 Å². The van der Waals surface area contributed by atoms with Crippen LogP contribution in [0.15, 0.2) is 24.3 Å². The van der Waals surface area contributed by atoms with Crippen molar-refractivity contribution in [2.24, 2.45) is 17.8 Å². The molecule has 0 unspecified atom stereocenters. The molecular weight excluding hydrogens is 309 g/mol. The van der Waals surface area contributed by atoms with Crippen LogP contribution in [-0.4, -0.2) is 11.7 Å². The van der Waals surface area contributed by atoms with Crippen LogP contribution in [0.25, 0.3) is 0 Å². The van der Waals surface area contributed by atoms with Crippen molar-refractivity contribution in [1.29, 1.82) is 0 Å². The zero-order valence-corrected chi connectivity index (χ0v) is 12.9. The molecule has 2 fully saturated rings. The lowest BCUT2D eigenvalue weighted by molar-refractivity contribution is -0.137. The molecule has 2 saturated carbocycles. The van der Waals surface area contributed by atoms with Gasteiger partial charge in [-0.25, -0.2) is 0 Å². The first-order valence-electron chi connectivity index (χ1n) is 7.64. The fourth-order valence-electron chi connectivity index (χ4n) is 3.80. The fourth-order valence-corrected chi connectivity index (χ4v) is 4.00. The Hall–Kier alpha value is -1.30. The van der Waals surface area contributed by atoms with E-state index in [0.717, 1.165) is 30.5 Å². The van der Waals surface area contributed by atoms with Crippen LogP contribution in [0.4, 0.5) is 18.9 Å². The molecule has 2 aliphatic rings. The van der Waals surface area contributed by atoms with Gasteiger partial charge in [0, 0.05) is 12.2 Å². The number of thiocarbonyl (C=S) groups is 1. The molecule has 120 valence electrons. The van der Waals surface area contributed by atoms with Crippen LogP contribution in [0.2, 0.25) is 0 Å². The second-order valence-corrected chi connectivity index (χ2v) is 6.76. The van der Waals surface area contributed by atoms with Crippen molar-refractivity contribution < 1.29 is 13.2 Å². The van der Waals surface area contributed by atoms with Gasteiger partial charge < -0.3 is 10.6 Å². The molecule has 0 aromatic heterocycles. The maximum atomic E-state index is 12.7. The van der Waals surface area contributed by atoms with Crippen LogP contribution in [-0.2, 0) is 6.18 Å². The van der Waals surface area contributed by atoms with Crippen LogP contribution < -0.4 is 10.6 Å². The molecule has 22 heavy (non-hydrogen) atoms. The van der Waals surface area contributed by atoms with E-state index in [1.807, 2.05) is 0 Å². The van der Waals surface area contributed by atoms with Gasteiger partial charge in [-0.15, -0.1) is 0 Å². The standard InChI is InChI=1S/C16H19F3N2S/c17-16(18,19)13-2-1-3-14(8-13)21-15(22)20-9-12-7-10-4-5-11(12)6-10/h1-3,8,10-12H,4-7,9H2,(H2,20,21,22)/t10-,11-,12+/m1/s1. The lowest BCUT2D eigenvalue weighted by Gasteiger charge is -2.22. The van der Waals surface area contributed by atoms with E-state index in [9.17, 15) is 13.2 Å². The summed E-state index contributed by atoms with van der Waals surface area (Å²) in [6.45, 7) is 0.811. The molecule has 1 aromatic rings. The number of alkyl halides is 3. The Kier molecular flexibility index (Phi) is 4.30. The highest BCUT2D eigenvalue weighted by molar-refractivity contribution is 7.80. The summed E-state index contributed by atoms with van der Waals surface area (Å²) in [6, 6.07) is 5.09. The monoisotopic (exact) mass is 328 g/mol. The van der Waals surface area contributed by atoms with Gasteiger partial charge in [0.15, 0.2) is 5.11 Å². The predicted molar refractivity (Wildman–Crippen MR) is 84.6 cm³/mol. The number of rotatable bonds is 3. The van der Waals surface area contributed by atoms with Crippen LogP contribution in [0.1, 0.15) is 31.2 Å². The molecule has 0 spiro atoms. The van der Waals surface area contributed by atoms with Gasteiger partial charge in [-0.2, -0.15) is 13.2 Å². The van der Waals surface area contributed by atoms with Crippen LogP contribution >= 0.6 is 12.2 Å². The maximum Gasteiger partial charge on any atom is 0.416 e. The van der Waals surface area contributed by atoms with Crippen molar-refractivity contribution in [3.8, 4) is 0 Å². The first kappa shape index (κ1) is 15.6. The van der Waals surface area contributed by atoms with E-state index in [1.54, 1.807) is 6.07 Å². The molecule has 1 aromatic carbocycles. The Labute approximate surface area is 133 Å². The van der Waals surface area contributed by atoms with Gasteiger partial charge >= 0.3 is 6.18 Å². The SMILES string of the molecule is FC(F)(F)c1cccc(NC(=S)NC[C@@H]2C[C@@H]3CC[C@@H]2C3)c1. The topological polar surface area (TPSA) is 24.1 Å². The summed E-state index contributed by atoms with van der Waals surface area (Å²) in [4.78, 5) is 0. The Morgan fingerprint density at radius 2 is 2.05 bits per heavy atom. The van der Waals surface area contributed by atoms with Gasteiger partial charge in [0.1, 0.15) is 0 Å². The van der Waals surface area contributed by atoms with Gasteiger partial charge in [0.25, 0.3) is 0 Å². The number of benzene rings is 1. The molecule has 0 heterocycles. The normalized spacial score (nSPS) is 27.0. The average molecular weight is 328 g/mol. The first-order valence-corrected chi connectivity index (χ1v) is 8.05. The molecule has 2 aliphatic carbocycles. The Morgan fingerprint density at radius 3 is 2.68 bits per heavy atom. The summed E-state index contributed by atoms with van der Waals surface area (Å²) in [5.74, 6) is 2.33. The quantitative estimate of drug-likeness (QED) is 0.803. The van der Waals surface area contributed by atoms with E-state index in [-0.39, 0.29) is 0 Å². The smallest absolute Gasteiger partial charge is 0.362 e. The average Bonchev–Trinajstić information content (AvgIpc) is 3.07. The molecule has 3 rings (SSSR count). The summed E-state index contributed by atoms with van der Waals surface area (Å²) in [7, 11) is 0. The third-order valence-electron chi connectivity index (χ3n) is 4.86. The summed E-state index contributed by atoms with van der Waals surface area (Å²) < 4.78 is 38.0. The first-order chi connectivity index (χ1) is 10.4. The number of hydrogen-bond acceptors (Lipinski definition) is 1. The number of hydrogen-bond donors (Lipinski definition) is 2. The highest BCUT2D eigenvalue weighted by Crippen LogP contribution is 2.47.